The minimum atomic E-state index is -0.994. The lowest BCUT2D eigenvalue weighted by molar-refractivity contribution is 0.102. The molecule has 0 spiro atoms. The number of halogens is 2. The Labute approximate surface area is 165 Å². The lowest BCUT2D eigenvalue weighted by Gasteiger charge is -2.12. The van der Waals surface area contributed by atoms with Crippen LogP contribution in [0, 0.1) is 0 Å². The van der Waals surface area contributed by atoms with Crippen LogP contribution in [-0.2, 0) is 22.3 Å². The van der Waals surface area contributed by atoms with E-state index in [1.54, 1.807) is 28.9 Å². The largest absolute Gasteiger partial charge is 0.306 e. The fourth-order valence-corrected chi connectivity index (χ4v) is 4.78. The summed E-state index contributed by atoms with van der Waals surface area (Å²) in [5.41, 5.74) is 2.80. The van der Waals surface area contributed by atoms with Gasteiger partial charge in [-0.15, -0.1) is 0 Å². The highest BCUT2D eigenvalue weighted by Gasteiger charge is 2.28. The fraction of sp³-hybridized carbons (Fsp3) is 0.111. The van der Waals surface area contributed by atoms with Gasteiger partial charge in [-0.2, -0.15) is 5.10 Å². The van der Waals surface area contributed by atoms with Crippen molar-refractivity contribution in [2.45, 2.75) is 11.5 Å². The number of carbonyl (C=O) groups is 1. The summed E-state index contributed by atoms with van der Waals surface area (Å²) in [5, 5.41) is 8.07. The Hall–Kier alpha value is -1.96. The highest BCUT2D eigenvalue weighted by molar-refractivity contribution is 9.10. The molecule has 132 valence electrons. The third-order valence-electron chi connectivity index (χ3n) is 4.07. The molecule has 4 rings (SSSR count). The summed E-state index contributed by atoms with van der Waals surface area (Å²) in [6, 6.07) is 14.4. The molecule has 1 amide bonds. The van der Waals surface area contributed by atoms with Gasteiger partial charge < -0.3 is 5.32 Å². The van der Waals surface area contributed by atoms with Gasteiger partial charge in [-0.25, -0.2) is 4.68 Å². The van der Waals surface area contributed by atoms with E-state index in [4.69, 9.17) is 11.6 Å². The van der Waals surface area contributed by atoms with Gasteiger partial charge in [0, 0.05) is 25.9 Å². The minimum Gasteiger partial charge on any atom is -0.306 e. The number of carbonyl (C=O) groups excluding carboxylic acids is 1. The first-order valence-corrected chi connectivity index (χ1v) is 10.5. The molecular weight excluding hydrogens is 438 g/mol. The third kappa shape index (κ3) is 3.22. The van der Waals surface area contributed by atoms with Crippen LogP contribution >= 0.6 is 27.5 Å². The van der Waals surface area contributed by atoms with E-state index in [1.807, 2.05) is 24.3 Å². The van der Waals surface area contributed by atoms with Crippen LogP contribution in [-0.4, -0.2) is 19.9 Å². The molecule has 5 nitrogen and oxygen atoms in total. The standard InChI is InChI=1S/C18H13BrClN3O2S/c19-15-7-2-1-6-13(15)18(24)21-17-14-9-26(25)10-16(14)22-23(17)12-5-3-4-11(20)8-12/h1-8H,9-10H2,(H,21,24)/t26-/m1/s1. The molecule has 0 bridgehead atoms. The SMILES string of the molecule is O=C(Nc1c2c(nn1-c1cccc(Cl)c1)C[S@](=O)C2)c1ccccc1Br. The third-order valence-corrected chi connectivity index (χ3v) is 6.21. The predicted octanol–water partition coefficient (Wildman–Crippen LogP) is 4.30. The molecule has 1 atom stereocenters. The summed E-state index contributed by atoms with van der Waals surface area (Å²) in [6.45, 7) is 0. The number of amides is 1. The van der Waals surface area contributed by atoms with Gasteiger partial charge >= 0.3 is 0 Å². The van der Waals surface area contributed by atoms with Gasteiger partial charge in [0.25, 0.3) is 5.91 Å². The molecule has 0 radical (unpaired) electrons. The lowest BCUT2D eigenvalue weighted by Crippen LogP contribution is -2.17. The molecule has 8 heteroatoms. The van der Waals surface area contributed by atoms with Crippen LogP contribution in [0.4, 0.5) is 5.82 Å². The van der Waals surface area contributed by atoms with Gasteiger partial charge in [0.05, 0.1) is 28.5 Å². The molecule has 0 aliphatic carbocycles. The zero-order chi connectivity index (χ0) is 18.3. The van der Waals surface area contributed by atoms with Crippen LogP contribution in [0.15, 0.2) is 53.0 Å². The highest BCUT2D eigenvalue weighted by Crippen LogP contribution is 2.32. The summed E-state index contributed by atoms with van der Waals surface area (Å²) < 4.78 is 14.3. The number of hydrogen-bond acceptors (Lipinski definition) is 3. The first kappa shape index (κ1) is 17.5. The molecule has 2 aromatic carbocycles. The van der Waals surface area contributed by atoms with Crippen molar-refractivity contribution in [1.29, 1.82) is 0 Å². The molecule has 2 heterocycles. The van der Waals surface area contributed by atoms with Crippen molar-refractivity contribution in [2.24, 2.45) is 0 Å². The average molecular weight is 451 g/mol. The average Bonchev–Trinajstić information content (AvgIpc) is 3.12. The van der Waals surface area contributed by atoms with E-state index in [1.165, 1.54) is 0 Å². The number of benzene rings is 2. The van der Waals surface area contributed by atoms with Crippen LogP contribution in [0.5, 0.6) is 0 Å². The van der Waals surface area contributed by atoms with Gasteiger partial charge in [-0.1, -0.05) is 29.8 Å². The predicted molar refractivity (Wildman–Crippen MR) is 106 cm³/mol. The van der Waals surface area contributed by atoms with Crippen molar-refractivity contribution in [3.8, 4) is 5.69 Å². The summed E-state index contributed by atoms with van der Waals surface area (Å²) in [7, 11) is -0.994. The van der Waals surface area contributed by atoms with Crippen molar-refractivity contribution < 1.29 is 9.00 Å². The molecule has 1 N–H and O–H groups in total. The second-order valence-electron chi connectivity index (χ2n) is 5.83. The van der Waals surface area contributed by atoms with Gasteiger partial charge in [0.2, 0.25) is 0 Å². The van der Waals surface area contributed by atoms with Crippen molar-refractivity contribution >= 4 is 50.1 Å². The number of anilines is 1. The van der Waals surface area contributed by atoms with Crippen LogP contribution in [0.3, 0.4) is 0 Å². The monoisotopic (exact) mass is 449 g/mol. The molecule has 26 heavy (non-hydrogen) atoms. The first-order chi connectivity index (χ1) is 12.5. The van der Waals surface area contributed by atoms with Crippen molar-refractivity contribution in [2.75, 3.05) is 5.32 Å². The van der Waals surface area contributed by atoms with E-state index in [2.05, 4.69) is 26.3 Å². The number of hydrogen-bond donors (Lipinski definition) is 1. The normalized spacial score (nSPS) is 15.7. The molecule has 0 fully saturated rings. The van der Waals surface area contributed by atoms with Crippen molar-refractivity contribution in [1.82, 2.24) is 9.78 Å². The minimum absolute atomic E-state index is 0.263. The Bertz CT molecular complexity index is 1050. The van der Waals surface area contributed by atoms with E-state index in [0.29, 0.717) is 32.4 Å². The van der Waals surface area contributed by atoms with E-state index in [0.717, 1.165) is 16.9 Å². The quantitative estimate of drug-likeness (QED) is 0.647. The van der Waals surface area contributed by atoms with Crippen molar-refractivity contribution in [3.05, 3.63) is 74.8 Å². The first-order valence-electron chi connectivity index (χ1n) is 7.80. The Balaban J connectivity index is 1.78. The molecule has 3 aromatic rings. The maximum atomic E-state index is 12.8. The Kier molecular flexibility index (Phi) is 4.69. The molecule has 1 aliphatic heterocycles. The Morgan fingerprint density at radius 2 is 2.00 bits per heavy atom. The maximum absolute atomic E-state index is 12.8. The van der Waals surface area contributed by atoms with Crippen LogP contribution in [0.1, 0.15) is 21.6 Å². The summed E-state index contributed by atoms with van der Waals surface area (Å²) in [4.78, 5) is 12.8. The molecule has 0 saturated heterocycles. The number of nitrogens with zero attached hydrogens (tertiary/aromatic N) is 2. The number of fused-ring (bicyclic) bond motifs is 1. The molecule has 1 aliphatic rings. The van der Waals surface area contributed by atoms with E-state index >= 15 is 0 Å². The second kappa shape index (κ2) is 6.98. The van der Waals surface area contributed by atoms with E-state index in [-0.39, 0.29) is 5.91 Å². The topological polar surface area (TPSA) is 64.0 Å². The zero-order valence-electron chi connectivity index (χ0n) is 13.4. The van der Waals surface area contributed by atoms with Gasteiger partial charge in [-0.3, -0.25) is 9.00 Å². The maximum Gasteiger partial charge on any atom is 0.257 e. The van der Waals surface area contributed by atoms with Crippen LogP contribution < -0.4 is 5.32 Å². The summed E-state index contributed by atoms with van der Waals surface area (Å²) >= 11 is 9.50. The second-order valence-corrected chi connectivity index (χ2v) is 8.58. The Morgan fingerprint density at radius 3 is 2.77 bits per heavy atom. The van der Waals surface area contributed by atoms with Crippen LogP contribution in [0.2, 0.25) is 5.02 Å². The summed E-state index contributed by atoms with van der Waals surface area (Å²) in [6.07, 6.45) is 0. The van der Waals surface area contributed by atoms with Crippen molar-refractivity contribution in [3.63, 3.8) is 0 Å². The van der Waals surface area contributed by atoms with Gasteiger partial charge in [0.15, 0.2) is 0 Å². The number of nitrogens with one attached hydrogen (secondary N) is 1. The number of rotatable bonds is 3. The van der Waals surface area contributed by atoms with Crippen LogP contribution in [0.25, 0.3) is 5.69 Å². The van der Waals surface area contributed by atoms with Gasteiger partial charge in [-0.05, 0) is 46.3 Å². The smallest absolute Gasteiger partial charge is 0.257 e. The lowest BCUT2D eigenvalue weighted by atomic mass is 10.2. The Morgan fingerprint density at radius 1 is 1.19 bits per heavy atom. The molecule has 0 unspecified atom stereocenters. The number of aromatic nitrogens is 2. The summed E-state index contributed by atoms with van der Waals surface area (Å²) in [5.74, 6) is 1.04. The zero-order valence-corrected chi connectivity index (χ0v) is 16.6. The molecule has 1 aromatic heterocycles. The fourth-order valence-electron chi connectivity index (χ4n) is 2.87. The molecule has 0 saturated carbocycles. The molecular formula is C18H13BrClN3O2S. The van der Waals surface area contributed by atoms with E-state index in [9.17, 15) is 9.00 Å². The van der Waals surface area contributed by atoms with E-state index < -0.39 is 10.8 Å². The highest BCUT2D eigenvalue weighted by atomic mass is 79.9. The van der Waals surface area contributed by atoms with Gasteiger partial charge in [0.1, 0.15) is 5.82 Å².